The summed E-state index contributed by atoms with van der Waals surface area (Å²) in [5, 5.41) is 0.692. The fraction of sp³-hybridized carbons (Fsp3) is 0.786. The summed E-state index contributed by atoms with van der Waals surface area (Å²) in [5.74, 6) is 0. The van der Waals surface area contributed by atoms with Crippen molar-refractivity contribution in [2.75, 3.05) is 31.9 Å². The second-order valence-corrected chi connectivity index (χ2v) is 6.92. The predicted octanol–water partition coefficient (Wildman–Crippen LogP) is 2.18. The van der Waals surface area contributed by atoms with Crippen molar-refractivity contribution >= 4 is 16.5 Å². The fourth-order valence-electron chi connectivity index (χ4n) is 3.40. The Kier molecular flexibility index (Phi) is 4.35. The van der Waals surface area contributed by atoms with Gasteiger partial charge in [0.1, 0.15) is 0 Å². The molecular weight excluding hydrogens is 256 g/mol. The zero-order valence-corrected chi connectivity index (χ0v) is 12.4. The highest BCUT2D eigenvalue weighted by Gasteiger charge is 2.24. The molecule has 0 radical (unpaired) electrons. The zero-order valence-electron chi connectivity index (χ0n) is 11.6. The van der Waals surface area contributed by atoms with Gasteiger partial charge in [-0.2, -0.15) is 0 Å². The van der Waals surface area contributed by atoms with E-state index in [0.29, 0.717) is 5.13 Å². The molecule has 106 valence electrons. The molecule has 1 aromatic rings. The van der Waals surface area contributed by atoms with Crippen LogP contribution in [0.1, 0.15) is 37.0 Å². The third kappa shape index (κ3) is 3.46. The van der Waals surface area contributed by atoms with Crippen molar-refractivity contribution in [2.45, 2.75) is 44.7 Å². The summed E-state index contributed by atoms with van der Waals surface area (Å²) in [6.45, 7) is 5.94. The van der Waals surface area contributed by atoms with E-state index in [0.717, 1.165) is 12.6 Å². The van der Waals surface area contributed by atoms with Crippen molar-refractivity contribution in [1.82, 2.24) is 14.8 Å². The maximum Gasteiger partial charge on any atom is 0.180 e. The first-order valence-corrected chi connectivity index (χ1v) is 8.29. The van der Waals surface area contributed by atoms with Crippen LogP contribution in [0.15, 0.2) is 6.20 Å². The highest BCUT2D eigenvalue weighted by molar-refractivity contribution is 7.15. The lowest BCUT2D eigenvalue weighted by atomic mass is 10.2. The number of anilines is 1. The number of nitrogens with zero attached hydrogens (tertiary/aromatic N) is 3. The summed E-state index contributed by atoms with van der Waals surface area (Å²) >= 11 is 1.63. The third-order valence-electron chi connectivity index (χ3n) is 4.42. The van der Waals surface area contributed by atoms with E-state index in [2.05, 4.69) is 14.8 Å². The molecule has 0 atom stereocenters. The summed E-state index contributed by atoms with van der Waals surface area (Å²) in [7, 11) is 0. The van der Waals surface area contributed by atoms with Gasteiger partial charge in [-0.25, -0.2) is 4.98 Å². The average Bonchev–Trinajstić information content (AvgIpc) is 3.00. The number of thiazole rings is 1. The summed E-state index contributed by atoms with van der Waals surface area (Å²) in [4.78, 5) is 10.7. The van der Waals surface area contributed by atoms with Crippen LogP contribution in [0, 0.1) is 0 Å². The van der Waals surface area contributed by atoms with Gasteiger partial charge in [0.25, 0.3) is 0 Å². The van der Waals surface area contributed by atoms with Gasteiger partial charge in [0.15, 0.2) is 5.13 Å². The molecule has 1 aromatic heterocycles. The van der Waals surface area contributed by atoms with E-state index in [4.69, 9.17) is 5.73 Å². The van der Waals surface area contributed by atoms with Gasteiger partial charge >= 0.3 is 0 Å². The van der Waals surface area contributed by atoms with Crippen LogP contribution in [0.4, 0.5) is 5.13 Å². The Morgan fingerprint density at radius 1 is 1.16 bits per heavy atom. The Hall–Kier alpha value is -0.650. The SMILES string of the molecule is Nc1ncc(CN2CCCN(C3CCCC3)CC2)s1. The van der Waals surface area contributed by atoms with Gasteiger partial charge in [-0.05, 0) is 32.4 Å². The molecule has 1 saturated heterocycles. The van der Waals surface area contributed by atoms with E-state index in [1.807, 2.05) is 6.20 Å². The molecule has 0 bridgehead atoms. The summed E-state index contributed by atoms with van der Waals surface area (Å²) in [6.07, 6.45) is 8.94. The Labute approximate surface area is 119 Å². The minimum absolute atomic E-state index is 0.692. The van der Waals surface area contributed by atoms with E-state index >= 15 is 0 Å². The molecule has 0 aromatic carbocycles. The molecular formula is C14H24N4S. The van der Waals surface area contributed by atoms with Crippen molar-refractivity contribution in [3.63, 3.8) is 0 Å². The zero-order chi connectivity index (χ0) is 13.1. The average molecular weight is 280 g/mol. The first-order chi connectivity index (χ1) is 9.31. The van der Waals surface area contributed by atoms with Crippen molar-refractivity contribution in [2.24, 2.45) is 0 Å². The first-order valence-electron chi connectivity index (χ1n) is 7.48. The number of nitrogens with two attached hydrogens (primary N) is 1. The van der Waals surface area contributed by atoms with Crippen LogP contribution in [-0.2, 0) is 6.54 Å². The molecule has 0 amide bonds. The number of hydrogen-bond donors (Lipinski definition) is 1. The number of aromatic nitrogens is 1. The highest BCUT2D eigenvalue weighted by atomic mass is 32.1. The van der Waals surface area contributed by atoms with Crippen LogP contribution in [-0.4, -0.2) is 47.0 Å². The molecule has 1 aliphatic carbocycles. The topological polar surface area (TPSA) is 45.4 Å². The van der Waals surface area contributed by atoms with E-state index in [9.17, 15) is 0 Å². The van der Waals surface area contributed by atoms with Crippen LogP contribution in [0.2, 0.25) is 0 Å². The number of hydrogen-bond acceptors (Lipinski definition) is 5. The molecule has 1 aliphatic heterocycles. The molecule has 3 rings (SSSR count). The van der Waals surface area contributed by atoms with Crippen LogP contribution in [0.25, 0.3) is 0 Å². The normalized spacial score (nSPS) is 23.8. The molecule has 0 unspecified atom stereocenters. The number of rotatable bonds is 3. The minimum atomic E-state index is 0.692. The van der Waals surface area contributed by atoms with E-state index < -0.39 is 0 Å². The van der Waals surface area contributed by atoms with Gasteiger partial charge in [-0.15, -0.1) is 11.3 Å². The molecule has 4 nitrogen and oxygen atoms in total. The molecule has 2 aliphatic rings. The molecule has 19 heavy (non-hydrogen) atoms. The van der Waals surface area contributed by atoms with Crippen LogP contribution in [0.5, 0.6) is 0 Å². The Morgan fingerprint density at radius 2 is 2.00 bits per heavy atom. The molecule has 2 heterocycles. The number of nitrogen functional groups attached to an aromatic ring is 1. The second-order valence-electron chi connectivity index (χ2n) is 5.77. The van der Waals surface area contributed by atoms with Crippen LogP contribution >= 0.6 is 11.3 Å². The summed E-state index contributed by atoms with van der Waals surface area (Å²) in [5.41, 5.74) is 5.70. The maximum atomic E-state index is 5.70. The predicted molar refractivity (Wildman–Crippen MR) is 80.2 cm³/mol. The standard InChI is InChI=1S/C14H24N4S/c15-14-16-10-13(19-14)11-17-6-3-7-18(9-8-17)12-4-1-2-5-12/h10,12H,1-9,11H2,(H2,15,16). The summed E-state index contributed by atoms with van der Waals surface area (Å²) in [6, 6.07) is 0.874. The lowest BCUT2D eigenvalue weighted by Crippen LogP contribution is -2.36. The molecule has 5 heteroatoms. The first kappa shape index (κ1) is 13.3. The minimum Gasteiger partial charge on any atom is -0.375 e. The lowest BCUT2D eigenvalue weighted by molar-refractivity contribution is 0.198. The molecule has 1 saturated carbocycles. The van der Waals surface area contributed by atoms with Gasteiger partial charge in [-0.1, -0.05) is 12.8 Å². The van der Waals surface area contributed by atoms with Crippen molar-refractivity contribution in [3.8, 4) is 0 Å². The van der Waals surface area contributed by atoms with Crippen molar-refractivity contribution in [1.29, 1.82) is 0 Å². The van der Waals surface area contributed by atoms with Gasteiger partial charge in [0, 0.05) is 36.8 Å². The largest absolute Gasteiger partial charge is 0.375 e. The van der Waals surface area contributed by atoms with Gasteiger partial charge < -0.3 is 5.73 Å². The quantitative estimate of drug-likeness (QED) is 0.922. The molecule has 0 spiro atoms. The van der Waals surface area contributed by atoms with E-state index in [1.54, 1.807) is 11.3 Å². The summed E-state index contributed by atoms with van der Waals surface area (Å²) < 4.78 is 0. The van der Waals surface area contributed by atoms with Gasteiger partial charge in [0.05, 0.1) is 0 Å². The molecule has 2 N–H and O–H groups in total. The Morgan fingerprint density at radius 3 is 2.74 bits per heavy atom. The van der Waals surface area contributed by atoms with Crippen LogP contribution < -0.4 is 5.73 Å². The Bertz CT molecular complexity index is 400. The lowest BCUT2D eigenvalue weighted by Gasteiger charge is -2.27. The van der Waals surface area contributed by atoms with Crippen LogP contribution in [0.3, 0.4) is 0 Å². The fourth-order valence-corrected chi connectivity index (χ4v) is 4.13. The smallest absolute Gasteiger partial charge is 0.180 e. The third-order valence-corrected chi connectivity index (χ3v) is 5.23. The van der Waals surface area contributed by atoms with E-state index in [1.165, 1.54) is 63.2 Å². The second kappa shape index (κ2) is 6.20. The Balaban J connectivity index is 1.52. The van der Waals surface area contributed by atoms with Gasteiger partial charge in [-0.3, -0.25) is 9.80 Å². The monoisotopic (exact) mass is 280 g/mol. The van der Waals surface area contributed by atoms with Crippen molar-refractivity contribution < 1.29 is 0 Å². The molecule has 2 fully saturated rings. The highest BCUT2D eigenvalue weighted by Crippen LogP contribution is 2.25. The van der Waals surface area contributed by atoms with E-state index in [-0.39, 0.29) is 0 Å². The van der Waals surface area contributed by atoms with Gasteiger partial charge in [0.2, 0.25) is 0 Å². The maximum absolute atomic E-state index is 5.70. The van der Waals surface area contributed by atoms with Crippen molar-refractivity contribution in [3.05, 3.63) is 11.1 Å².